The van der Waals surface area contributed by atoms with Gasteiger partial charge in [0.15, 0.2) is 18.0 Å². The van der Waals surface area contributed by atoms with Gasteiger partial charge in [-0.15, -0.1) is 0 Å². The van der Waals surface area contributed by atoms with E-state index in [0.29, 0.717) is 36.9 Å². The first-order valence-electron chi connectivity index (χ1n) is 8.18. The second kappa shape index (κ2) is 7.11. The molecule has 1 fully saturated rings. The molecule has 0 N–H and O–H groups in total. The molecule has 1 atom stereocenters. The number of oxazole rings is 1. The predicted octanol–water partition coefficient (Wildman–Crippen LogP) is 3.75. The molecule has 0 saturated carbocycles. The summed E-state index contributed by atoms with van der Waals surface area (Å²) in [7, 11) is 0. The number of amides is 1. The van der Waals surface area contributed by atoms with Crippen molar-refractivity contribution in [2.45, 2.75) is 32.6 Å². The van der Waals surface area contributed by atoms with Crippen LogP contribution in [0.3, 0.4) is 0 Å². The lowest BCUT2D eigenvalue weighted by atomic mass is 9.91. The number of aryl methyl sites for hydroxylation is 2. The van der Waals surface area contributed by atoms with Crippen LogP contribution in [0, 0.1) is 24.5 Å². The molecule has 1 saturated heterocycles. The number of benzene rings is 1. The van der Waals surface area contributed by atoms with E-state index in [4.69, 9.17) is 4.42 Å². The fraction of sp³-hybridized carbons (Fsp3) is 0.444. The Kier molecular flexibility index (Phi) is 4.92. The lowest BCUT2D eigenvalue weighted by molar-refractivity contribution is 0.0635. The van der Waals surface area contributed by atoms with Crippen molar-refractivity contribution in [3.8, 4) is 0 Å². The Balaban J connectivity index is 1.58. The van der Waals surface area contributed by atoms with E-state index in [1.807, 2.05) is 0 Å². The average molecular weight is 334 g/mol. The lowest BCUT2D eigenvalue weighted by Gasteiger charge is -2.32. The van der Waals surface area contributed by atoms with Crippen molar-refractivity contribution in [1.82, 2.24) is 9.88 Å². The molecular formula is C18H20F2N2O2. The van der Waals surface area contributed by atoms with E-state index in [-0.39, 0.29) is 5.91 Å². The van der Waals surface area contributed by atoms with Crippen molar-refractivity contribution in [3.05, 3.63) is 53.2 Å². The van der Waals surface area contributed by atoms with Gasteiger partial charge < -0.3 is 9.32 Å². The van der Waals surface area contributed by atoms with E-state index >= 15 is 0 Å². The molecule has 0 unspecified atom stereocenters. The average Bonchev–Trinajstić information content (AvgIpc) is 3.01. The van der Waals surface area contributed by atoms with Gasteiger partial charge in [-0.25, -0.2) is 13.8 Å². The predicted molar refractivity (Wildman–Crippen MR) is 84.5 cm³/mol. The van der Waals surface area contributed by atoms with Crippen molar-refractivity contribution in [2.24, 2.45) is 5.92 Å². The van der Waals surface area contributed by atoms with Gasteiger partial charge in [0.2, 0.25) is 5.76 Å². The highest BCUT2D eigenvalue weighted by atomic mass is 19.2. The summed E-state index contributed by atoms with van der Waals surface area (Å²) in [6.07, 6.45) is 4.76. The molecule has 0 spiro atoms. The summed E-state index contributed by atoms with van der Waals surface area (Å²) in [5.74, 6) is -1.11. The van der Waals surface area contributed by atoms with Crippen LogP contribution in [0.5, 0.6) is 0 Å². The maximum Gasteiger partial charge on any atom is 0.291 e. The first kappa shape index (κ1) is 16.6. The van der Waals surface area contributed by atoms with Crippen LogP contribution in [-0.2, 0) is 6.42 Å². The molecule has 0 bridgehead atoms. The van der Waals surface area contributed by atoms with Crippen LogP contribution in [0.4, 0.5) is 8.78 Å². The lowest BCUT2D eigenvalue weighted by Crippen LogP contribution is -2.40. The second-order valence-electron chi connectivity index (χ2n) is 6.31. The van der Waals surface area contributed by atoms with Crippen LogP contribution in [0.15, 0.2) is 29.0 Å². The van der Waals surface area contributed by atoms with Crippen LogP contribution in [0.1, 0.15) is 41.1 Å². The second-order valence-corrected chi connectivity index (χ2v) is 6.31. The minimum atomic E-state index is -0.824. The third-order valence-electron chi connectivity index (χ3n) is 4.57. The summed E-state index contributed by atoms with van der Waals surface area (Å²) < 4.78 is 31.4. The van der Waals surface area contributed by atoms with E-state index < -0.39 is 11.6 Å². The minimum Gasteiger partial charge on any atom is -0.438 e. The van der Waals surface area contributed by atoms with Gasteiger partial charge in [-0.3, -0.25) is 4.79 Å². The van der Waals surface area contributed by atoms with Crippen molar-refractivity contribution >= 4 is 5.91 Å². The van der Waals surface area contributed by atoms with E-state index in [1.165, 1.54) is 12.5 Å². The molecule has 1 amide bonds. The minimum absolute atomic E-state index is 0.123. The maximum absolute atomic E-state index is 13.3. The number of halogens is 2. The van der Waals surface area contributed by atoms with Gasteiger partial charge in [-0.1, -0.05) is 6.07 Å². The Morgan fingerprint density at radius 2 is 2.21 bits per heavy atom. The molecule has 0 aliphatic carbocycles. The quantitative estimate of drug-likeness (QED) is 0.855. The maximum atomic E-state index is 13.3. The van der Waals surface area contributed by atoms with E-state index in [0.717, 1.165) is 30.9 Å². The zero-order chi connectivity index (χ0) is 17.1. The summed E-state index contributed by atoms with van der Waals surface area (Å²) in [5.41, 5.74) is 1.38. The first-order valence-corrected chi connectivity index (χ1v) is 8.18. The summed E-state index contributed by atoms with van der Waals surface area (Å²) in [6, 6.07) is 4.02. The third-order valence-corrected chi connectivity index (χ3v) is 4.57. The number of aromatic nitrogens is 1. The van der Waals surface area contributed by atoms with Crippen LogP contribution in [0.2, 0.25) is 0 Å². The number of likely N-dealkylation sites (tertiary alicyclic amines) is 1. The summed E-state index contributed by atoms with van der Waals surface area (Å²) in [6.45, 7) is 3.12. The van der Waals surface area contributed by atoms with E-state index in [9.17, 15) is 13.6 Å². The van der Waals surface area contributed by atoms with Gasteiger partial charge in [0.1, 0.15) is 0 Å². The fourth-order valence-electron chi connectivity index (χ4n) is 3.20. The van der Waals surface area contributed by atoms with Crippen molar-refractivity contribution in [1.29, 1.82) is 0 Å². The van der Waals surface area contributed by atoms with Crippen LogP contribution >= 0.6 is 0 Å². The zero-order valence-electron chi connectivity index (χ0n) is 13.6. The third kappa shape index (κ3) is 3.63. The summed E-state index contributed by atoms with van der Waals surface area (Å²) >= 11 is 0. The molecule has 128 valence electrons. The molecule has 1 aromatic heterocycles. The smallest absolute Gasteiger partial charge is 0.291 e. The number of hydrogen-bond donors (Lipinski definition) is 0. The highest BCUT2D eigenvalue weighted by Gasteiger charge is 2.27. The SMILES string of the molecule is Cc1ncoc1C(=O)N1CCC[C@H](CCc2ccc(F)c(F)c2)C1. The number of carbonyl (C=O) groups is 1. The molecule has 24 heavy (non-hydrogen) atoms. The van der Waals surface area contributed by atoms with Gasteiger partial charge in [-0.2, -0.15) is 0 Å². The molecule has 6 heteroatoms. The summed E-state index contributed by atoms with van der Waals surface area (Å²) in [5, 5.41) is 0. The molecular weight excluding hydrogens is 314 g/mol. The topological polar surface area (TPSA) is 46.3 Å². The molecule has 4 nitrogen and oxygen atoms in total. The van der Waals surface area contributed by atoms with Gasteiger partial charge >= 0.3 is 0 Å². The van der Waals surface area contributed by atoms with Crippen molar-refractivity contribution < 1.29 is 18.0 Å². The highest BCUT2D eigenvalue weighted by molar-refractivity contribution is 5.92. The number of hydrogen-bond acceptors (Lipinski definition) is 3. The van der Waals surface area contributed by atoms with Gasteiger partial charge in [0.25, 0.3) is 5.91 Å². The molecule has 1 aromatic carbocycles. The number of rotatable bonds is 4. The van der Waals surface area contributed by atoms with Crippen LogP contribution in [0.25, 0.3) is 0 Å². The highest BCUT2D eigenvalue weighted by Crippen LogP contribution is 2.24. The number of carbonyl (C=O) groups excluding carboxylic acids is 1. The Bertz CT molecular complexity index is 730. The Morgan fingerprint density at radius 1 is 1.38 bits per heavy atom. The molecule has 1 aliphatic rings. The fourth-order valence-corrected chi connectivity index (χ4v) is 3.20. The molecule has 3 rings (SSSR count). The molecule has 0 radical (unpaired) electrons. The molecule has 2 heterocycles. The van der Waals surface area contributed by atoms with Crippen LogP contribution in [-0.4, -0.2) is 28.9 Å². The largest absolute Gasteiger partial charge is 0.438 e. The monoisotopic (exact) mass is 334 g/mol. The zero-order valence-corrected chi connectivity index (χ0v) is 13.6. The standard InChI is InChI=1S/C18H20F2N2O2/c1-12-17(24-11-21-12)18(23)22-8-2-3-14(10-22)5-4-13-6-7-15(19)16(20)9-13/h6-7,9,11,14H,2-5,8,10H2,1H3/t14-/m1/s1. The van der Waals surface area contributed by atoms with Gasteiger partial charge in [0.05, 0.1) is 5.69 Å². The van der Waals surface area contributed by atoms with Crippen LogP contribution < -0.4 is 0 Å². The van der Waals surface area contributed by atoms with Crippen molar-refractivity contribution in [2.75, 3.05) is 13.1 Å². The first-order chi connectivity index (χ1) is 11.5. The van der Waals surface area contributed by atoms with E-state index in [1.54, 1.807) is 17.9 Å². The Morgan fingerprint density at radius 3 is 2.92 bits per heavy atom. The van der Waals surface area contributed by atoms with E-state index in [2.05, 4.69) is 4.98 Å². The van der Waals surface area contributed by atoms with Gasteiger partial charge in [-0.05, 0) is 56.2 Å². The molecule has 1 aliphatic heterocycles. The summed E-state index contributed by atoms with van der Waals surface area (Å²) in [4.78, 5) is 18.2. The molecule has 2 aromatic rings. The number of nitrogens with zero attached hydrogens (tertiary/aromatic N) is 2. The Labute approximate surface area is 139 Å². The normalized spacial score (nSPS) is 18.0. The van der Waals surface area contributed by atoms with Crippen molar-refractivity contribution in [3.63, 3.8) is 0 Å². The number of piperidine rings is 1. The Hall–Kier alpha value is -2.24. The van der Waals surface area contributed by atoms with Gasteiger partial charge in [0, 0.05) is 13.1 Å².